The van der Waals surface area contributed by atoms with Gasteiger partial charge in [0.25, 0.3) is 5.91 Å². The molecule has 0 saturated heterocycles. The fourth-order valence-electron chi connectivity index (χ4n) is 2.63. The highest BCUT2D eigenvalue weighted by molar-refractivity contribution is 5.99. The van der Waals surface area contributed by atoms with Gasteiger partial charge >= 0.3 is 11.9 Å². The molecular formula is C21H16N2O7. The highest BCUT2D eigenvalue weighted by Gasteiger charge is 2.28. The zero-order chi connectivity index (χ0) is 21.7. The number of carbonyl (C=O) groups is 3. The van der Waals surface area contributed by atoms with E-state index in [1.807, 2.05) is 0 Å². The van der Waals surface area contributed by atoms with Crippen LogP contribution in [-0.2, 0) is 9.53 Å². The topological polar surface area (TPSA) is 129 Å². The summed E-state index contributed by atoms with van der Waals surface area (Å²) in [6.45, 7) is 1.40. The lowest BCUT2D eigenvalue weighted by Crippen LogP contribution is -2.26. The molecule has 1 atom stereocenters. The molecule has 9 heteroatoms. The number of Topliss-reactive ketones (excluding diaryl/α,β-unsaturated/α-hetero) is 1. The molecule has 0 spiro atoms. The van der Waals surface area contributed by atoms with E-state index in [4.69, 9.17) is 9.15 Å². The van der Waals surface area contributed by atoms with Crippen LogP contribution in [0.3, 0.4) is 0 Å². The number of hydrogen-bond acceptors (Lipinski definition) is 7. The molecule has 0 aliphatic rings. The Bertz CT molecular complexity index is 1110. The summed E-state index contributed by atoms with van der Waals surface area (Å²) in [6.07, 6.45) is -1.36. The zero-order valence-corrected chi connectivity index (χ0v) is 15.7. The molecule has 0 unspecified atom stereocenters. The van der Waals surface area contributed by atoms with Crippen LogP contribution in [0.15, 0.2) is 71.1 Å². The van der Waals surface area contributed by atoms with E-state index in [0.29, 0.717) is 16.8 Å². The largest absolute Gasteiger partial charge is 0.441 e. The number of nitrogens with one attached hydrogen (secondary N) is 1. The third kappa shape index (κ3) is 4.76. The minimum atomic E-state index is -1.36. The minimum Gasteiger partial charge on any atom is -0.441 e. The van der Waals surface area contributed by atoms with Crippen LogP contribution in [0.25, 0.3) is 0 Å². The molecule has 1 amide bonds. The van der Waals surface area contributed by atoms with Crippen LogP contribution < -0.4 is 5.32 Å². The van der Waals surface area contributed by atoms with Crippen LogP contribution in [0.4, 0.5) is 11.6 Å². The van der Waals surface area contributed by atoms with Gasteiger partial charge in [0.05, 0.1) is 6.07 Å². The summed E-state index contributed by atoms with van der Waals surface area (Å²) in [5.74, 6) is -2.91. The molecule has 3 aromatic rings. The van der Waals surface area contributed by atoms with Crippen molar-refractivity contribution in [1.82, 2.24) is 0 Å². The second-order valence-corrected chi connectivity index (χ2v) is 6.22. The van der Waals surface area contributed by atoms with Crippen LogP contribution in [0, 0.1) is 10.1 Å². The van der Waals surface area contributed by atoms with Gasteiger partial charge in [-0.3, -0.25) is 19.7 Å². The molecule has 3 rings (SSSR count). The molecular weight excluding hydrogens is 392 g/mol. The maximum atomic E-state index is 12.9. The van der Waals surface area contributed by atoms with Crippen molar-refractivity contribution in [2.45, 2.75) is 13.0 Å². The van der Waals surface area contributed by atoms with E-state index in [0.717, 1.165) is 12.1 Å². The second kappa shape index (κ2) is 8.82. The van der Waals surface area contributed by atoms with Gasteiger partial charge in [-0.2, -0.15) is 0 Å². The van der Waals surface area contributed by atoms with Gasteiger partial charge in [-0.25, -0.2) is 4.79 Å². The Hall–Kier alpha value is -4.27. The van der Waals surface area contributed by atoms with E-state index in [1.54, 1.807) is 48.5 Å². The molecule has 9 nitrogen and oxygen atoms in total. The number of hydrogen-bond donors (Lipinski definition) is 1. The van der Waals surface area contributed by atoms with Crippen molar-refractivity contribution >= 4 is 29.2 Å². The minimum absolute atomic E-state index is 0.170. The number of benzene rings is 2. The summed E-state index contributed by atoms with van der Waals surface area (Å²) in [6, 6.07) is 16.7. The van der Waals surface area contributed by atoms with E-state index in [1.165, 1.54) is 13.0 Å². The Morgan fingerprint density at radius 2 is 1.77 bits per heavy atom. The normalized spacial score (nSPS) is 11.4. The quantitative estimate of drug-likeness (QED) is 0.271. The van der Waals surface area contributed by atoms with Crippen LogP contribution in [-0.4, -0.2) is 22.6 Å². The van der Waals surface area contributed by atoms with Crippen molar-refractivity contribution in [2.75, 3.05) is 5.32 Å². The third-order valence-electron chi connectivity index (χ3n) is 4.07. The maximum Gasteiger partial charge on any atom is 0.433 e. The van der Waals surface area contributed by atoms with Crippen molar-refractivity contribution in [3.63, 3.8) is 0 Å². The third-order valence-corrected chi connectivity index (χ3v) is 4.07. The molecule has 2 aromatic carbocycles. The molecule has 1 heterocycles. The fraction of sp³-hybridized carbons (Fsp3) is 0.0952. The molecule has 0 bridgehead atoms. The monoisotopic (exact) mass is 408 g/mol. The number of nitrogens with zero attached hydrogens (tertiary/aromatic N) is 1. The first-order chi connectivity index (χ1) is 14.3. The number of furan rings is 1. The number of ketones is 1. The summed E-state index contributed by atoms with van der Waals surface area (Å²) in [4.78, 5) is 46.8. The molecule has 0 radical (unpaired) electrons. The van der Waals surface area contributed by atoms with Gasteiger partial charge in [0.15, 0.2) is 5.78 Å². The smallest absolute Gasteiger partial charge is 0.433 e. The summed E-state index contributed by atoms with van der Waals surface area (Å²) < 4.78 is 10.1. The van der Waals surface area contributed by atoms with E-state index < -0.39 is 34.5 Å². The molecule has 30 heavy (non-hydrogen) atoms. The van der Waals surface area contributed by atoms with Crippen LogP contribution in [0.1, 0.15) is 39.5 Å². The van der Waals surface area contributed by atoms with Gasteiger partial charge in [-0.05, 0) is 25.1 Å². The first-order valence-corrected chi connectivity index (χ1v) is 8.77. The number of amides is 1. The van der Waals surface area contributed by atoms with Gasteiger partial charge in [-0.1, -0.05) is 42.5 Å². The van der Waals surface area contributed by atoms with Crippen molar-refractivity contribution in [3.8, 4) is 0 Å². The zero-order valence-electron chi connectivity index (χ0n) is 15.7. The second-order valence-electron chi connectivity index (χ2n) is 6.22. The molecule has 0 aliphatic carbocycles. The first kappa shape index (κ1) is 20.5. The number of rotatable bonds is 7. The van der Waals surface area contributed by atoms with Gasteiger partial charge in [-0.15, -0.1) is 0 Å². The van der Waals surface area contributed by atoms with Gasteiger partial charge < -0.3 is 14.5 Å². The Labute approximate surface area is 170 Å². The summed E-state index contributed by atoms with van der Waals surface area (Å²) in [5, 5.41) is 13.3. The number of nitro groups is 1. The van der Waals surface area contributed by atoms with Crippen LogP contribution in [0.5, 0.6) is 0 Å². The molecule has 0 fully saturated rings. The van der Waals surface area contributed by atoms with Crippen molar-refractivity contribution in [1.29, 1.82) is 0 Å². The van der Waals surface area contributed by atoms with E-state index >= 15 is 0 Å². The molecule has 1 N–H and O–H groups in total. The molecule has 0 saturated carbocycles. The van der Waals surface area contributed by atoms with Gasteiger partial charge in [0.1, 0.15) is 4.92 Å². The SMILES string of the molecule is CC(=O)c1cccc(NC(=O)[C@H](OC(=O)c2ccc([N+](=O)[O-])o2)c2ccccc2)c1. The predicted molar refractivity (Wildman–Crippen MR) is 105 cm³/mol. The van der Waals surface area contributed by atoms with Crippen LogP contribution in [0.2, 0.25) is 0 Å². The molecule has 0 aliphatic heterocycles. The van der Waals surface area contributed by atoms with Gasteiger partial charge in [0, 0.05) is 16.8 Å². The Morgan fingerprint density at radius 3 is 2.40 bits per heavy atom. The number of ether oxygens (including phenoxy) is 1. The van der Waals surface area contributed by atoms with E-state index in [9.17, 15) is 24.5 Å². The van der Waals surface area contributed by atoms with Crippen molar-refractivity contribution in [3.05, 3.63) is 93.7 Å². The summed E-state index contributed by atoms with van der Waals surface area (Å²) >= 11 is 0. The summed E-state index contributed by atoms with van der Waals surface area (Å²) in [7, 11) is 0. The Morgan fingerprint density at radius 1 is 1.03 bits per heavy atom. The Balaban J connectivity index is 1.84. The van der Waals surface area contributed by atoms with E-state index in [2.05, 4.69) is 5.32 Å². The highest BCUT2D eigenvalue weighted by Crippen LogP contribution is 2.24. The standard InChI is InChI=1S/C21H16N2O7/c1-13(24)15-8-5-9-16(12-15)22-20(25)19(14-6-3-2-4-7-14)30-21(26)17-10-11-18(29-17)23(27)28/h2-12,19H,1H3,(H,22,25)/t19-/m1/s1. The number of anilines is 1. The number of esters is 1. The Kier molecular flexibility index (Phi) is 6.02. The predicted octanol–water partition coefficient (Wildman–Crippen LogP) is 3.93. The summed E-state index contributed by atoms with van der Waals surface area (Å²) in [5.41, 5.74) is 1.13. The number of carbonyl (C=O) groups excluding carboxylic acids is 3. The van der Waals surface area contributed by atoms with Crippen molar-refractivity contribution in [2.24, 2.45) is 0 Å². The maximum absolute atomic E-state index is 12.9. The van der Waals surface area contributed by atoms with Crippen molar-refractivity contribution < 1.29 is 28.5 Å². The van der Waals surface area contributed by atoms with Crippen LogP contribution >= 0.6 is 0 Å². The molecule has 1 aromatic heterocycles. The van der Waals surface area contributed by atoms with E-state index in [-0.39, 0.29) is 5.78 Å². The lowest BCUT2D eigenvalue weighted by Gasteiger charge is -2.17. The average molecular weight is 408 g/mol. The van der Waals surface area contributed by atoms with Gasteiger partial charge in [0.2, 0.25) is 11.9 Å². The fourth-order valence-corrected chi connectivity index (χ4v) is 2.63. The lowest BCUT2D eigenvalue weighted by atomic mass is 10.1. The first-order valence-electron chi connectivity index (χ1n) is 8.77. The lowest BCUT2D eigenvalue weighted by molar-refractivity contribution is -0.402. The highest BCUT2D eigenvalue weighted by atomic mass is 16.7. The average Bonchev–Trinajstić information content (AvgIpc) is 3.23. The molecule has 152 valence electrons.